The van der Waals surface area contributed by atoms with Crippen LogP contribution in [0.25, 0.3) is 0 Å². The van der Waals surface area contributed by atoms with Crippen molar-refractivity contribution in [2.24, 2.45) is 0 Å². The van der Waals surface area contributed by atoms with E-state index in [0.717, 1.165) is 4.90 Å². The van der Waals surface area contributed by atoms with E-state index in [2.05, 4.69) is 10.3 Å². The first-order chi connectivity index (χ1) is 15.5. The van der Waals surface area contributed by atoms with Crippen LogP contribution in [0, 0.1) is 0 Å². The van der Waals surface area contributed by atoms with Crippen LogP contribution in [0.2, 0.25) is 0 Å². The van der Waals surface area contributed by atoms with Crippen LogP contribution in [0.15, 0.2) is 82.8 Å². The first-order valence-corrected chi connectivity index (χ1v) is 10.9. The van der Waals surface area contributed by atoms with Gasteiger partial charge < -0.3 is 15.0 Å². The molecule has 2 aromatic carbocycles. The molecular weight excluding hydrogens is 426 g/mol. The quantitative estimate of drug-likeness (QED) is 0.591. The summed E-state index contributed by atoms with van der Waals surface area (Å²) in [7, 11) is 0. The minimum atomic E-state index is -0.630. The van der Waals surface area contributed by atoms with Crippen LogP contribution < -0.4 is 10.2 Å². The van der Waals surface area contributed by atoms with Gasteiger partial charge in [-0.3, -0.25) is 9.59 Å². The summed E-state index contributed by atoms with van der Waals surface area (Å²) in [5.41, 5.74) is 1.42. The van der Waals surface area contributed by atoms with Crippen molar-refractivity contribution >= 4 is 40.9 Å². The molecule has 4 rings (SSSR count). The second-order valence-electron chi connectivity index (χ2n) is 7.23. The number of carbonyl (C=O) groups is 3. The molecule has 0 bridgehead atoms. The fraction of sp³-hybridized carbons (Fsp3) is 0.167. The van der Waals surface area contributed by atoms with Gasteiger partial charge >= 0.3 is 5.97 Å². The fourth-order valence-electron chi connectivity index (χ4n) is 3.47. The maximum absolute atomic E-state index is 13.0. The van der Waals surface area contributed by atoms with E-state index in [1.165, 1.54) is 16.7 Å². The molecule has 1 aliphatic heterocycles. The Morgan fingerprint density at radius 3 is 2.66 bits per heavy atom. The topological polar surface area (TPSA) is 88.6 Å². The van der Waals surface area contributed by atoms with Crippen LogP contribution in [-0.4, -0.2) is 35.4 Å². The molecule has 0 aliphatic carbocycles. The van der Waals surface area contributed by atoms with Crippen LogP contribution in [0.3, 0.4) is 0 Å². The van der Waals surface area contributed by atoms with E-state index in [0.29, 0.717) is 16.4 Å². The highest BCUT2D eigenvalue weighted by Gasteiger charge is 2.30. The molecule has 1 N–H and O–H groups in total. The predicted octanol–water partition coefficient (Wildman–Crippen LogP) is 4.15. The number of esters is 1. The van der Waals surface area contributed by atoms with Gasteiger partial charge in [0, 0.05) is 23.6 Å². The molecule has 162 valence electrons. The lowest BCUT2D eigenvalue weighted by Gasteiger charge is -2.27. The van der Waals surface area contributed by atoms with Crippen molar-refractivity contribution in [2.45, 2.75) is 29.3 Å². The lowest BCUT2D eigenvalue weighted by Crippen LogP contribution is -2.41. The van der Waals surface area contributed by atoms with E-state index in [1.807, 2.05) is 30.3 Å². The molecule has 2 heterocycles. The second kappa shape index (κ2) is 9.65. The number of nitrogens with one attached hydrogen (secondary N) is 1. The van der Waals surface area contributed by atoms with Gasteiger partial charge in [-0.25, -0.2) is 9.78 Å². The highest BCUT2D eigenvalue weighted by molar-refractivity contribution is 7.99. The van der Waals surface area contributed by atoms with Crippen molar-refractivity contribution in [3.63, 3.8) is 0 Å². The number of benzene rings is 2. The molecule has 1 aromatic heterocycles. The Balaban J connectivity index is 1.49. The van der Waals surface area contributed by atoms with E-state index < -0.39 is 18.5 Å². The van der Waals surface area contributed by atoms with Gasteiger partial charge in [0.2, 0.25) is 5.91 Å². The van der Waals surface area contributed by atoms with Gasteiger partial charge in [0.1, 0.15) is 5.03 Å². The summed E-state index contributed by atoms with van der Waals surface area (Å²) in [4.78, 5) is 44.7. The number of hydrogen-bond donors (Lipinski definition) is 1. The monoisotopic (exact) mass is 447 g/mol. The molecule has 32 heavy (non-hydrogen) atoms. The molecule has 3 aromatic rings. The molecule has 0 saturated carbocycles. The summed E-state index contributed by atoms with van der Waals surface area (Å²) < 4.78 is 5.36. The van der Waals surface area contributed by atoms with Crippen molar-refractivity contribution in [1.82, 2.24) is 4.98 Å². The molecule has 8 heteroatoms. The summed E-state index contributed by atoms with van der Waals surface area (Å²) in [5.74, 6) is -1.21. The van der Waals surface area contributed by atoms with Crippen molar-refractivity contribution < 1.29 is 19.1 Å². The Hall–Kier alpha value is -3.65. The lowest BCUT2D eigenvalue weighted by atomic mass is 10.1. The number of ether oxygens (including phenoxy) is 1. The zero-order valence-electron chi connectivity index (χ0n) is 17.4. The van der Waals surface area contributed by atoms with Crippen LogP contribution in [-0.2, 0) is 14.3 Å². The van der Waals surface area contributed by atoms with Gasteiger partial charge in [-0.1, -0.05) is 42.1 Å². The maximum atomic E-state index is 13.0. The number of amides is 2. The molecular formula is C24H21N3O4S. The number of nitrogens with zero attached hydrogens (tertiary/aromatic N) is 2. The van der Waals surface area contributed by atoms with E-state index in [1.54, 1.807) is 49.5 Å². The molecule has 0 spiro atoms. The fourth-order valence-corrected chi connectivity index (χ4v) is 4.36. The predicted molar refractivity (Wildman–Crippen MR) is 122 cm³/mol. The number of fused-ring (bicyclic) bond motifs is 1. The first kappa shape index (κ1) is 21.6. The normalized spacial score (nSPS) is 15.3. The van der Waals surface area contributed by atoms with Crippen LogP contribution >= 0.6 is 11.8 Å². The van der Waals surface area contributed by atoms with E-state index in [-0.39, 0.29) is 23.9 Å². The number of rotatable bonds is 5. The molecule has 0 fully saturated rings. The average molecular weight is 448 g/mol. The van der Waals surface area contributed by atoms with E-state index in [4.69, 9.17) is 4.74 Å². The summed E-state index contributed by atoms with van der Waals surface area (Å²) >= 11 is 1.35. The molecule has 0 radical (unpaired) electrons. The SMILES string of the molecule is CC1CC(=O)Nc2ccccc2N1C(=O)COC(=O)c1cccnc1Sc1ccccc1. The van der Waals surface area contributed by atoms with Gasteiger partial charge in [-0.2, -0.15) is 0 Å². The van der Waals surface area contributed by atoms with Gasteiger partial charge in [0.15, 0.2) is 6.61 Å². The third kappa shape index (κ3) is 4.81. The average Bonchev–Trinajstić information content (AvgIpc) is 2.92. The highest BCUT2D eigenvalue weighted by Crippen LogP contribution is 2.32. The second-order valence-corrected chi connectivity index (χ2v) is 8.29. The minimum absolute atomic E-state index is 0.148. The Bertz CT molecular complexity index is 1150. The van der Waals surface area contributed by atoms with Crippen molar-refractivity contribution in [3.8, 4) is 0 Å². The summed E-state index contributed by atoms with van der Waals surface area (Å²) in [6, 6.07) is 19.5. The van der Waals surface area contributed by atoms with Crippen LogP contribution in [0.4, 0.5) is 11.4 Å². The van der Waals surface area contributed by atoms with Crippen LogP contribution in [0.1, 0.15) is 23.7 Å². The Kier molecular flexibility index (Phi) is 6.51. The standard InChI is InChI=1S/C24H21N3O4S/c1-16-14-21(28)26-19-11-5-6-12-20(19)27(16)22(29)15-31-24(30)18-10-7-13-25-23(18)32-17-8-3-2-4-9-17/h2-13,16H,14-15H2,1H3,(H,26,28). The summed E-state index contributed by atoms with van der Waals surface area (Å²) in [6.45, 7) is 1.34. The third-order valence-electron chi connectivity index (χ3n) is 4.90. The van der Waals surface area contributed by atoms with Crippen molar-refractivity contribution in [2.75, 3.05) is 16.8 Å². The maximum Gasteiger partial charge on any atom is 0.341 e. The number of aromatic nitrogens is 1. The van der Waals surface area contributed by atoms with Gasteiger partial charge in [0.25, 0.3) is 5.91 Å². The van der Waals surface area contributed by atoms with Crippen molar-refractivity contribution in [1.29, 1.82) is 0 Å². The smallest absolute Gasteiger partial charge is 0.341 e. The molecule has 7 nitrogen and oxygen atoms in total. The van der Waals surface area contributed by atoms with Gasteiger partial charge in [-0.05, 0) is 43.3 Å². The Morgan fingerprint density at radius 1 is 1.09 bits per heavy atom. The number of para-hydroxylation sites is 2. The largest absolute Gasteiger partial charge is 0.452 e. The first-order valence-electron chi connectivity index (χ1n) is 10.1. The number of hydrogen-bond acceptors (Lipinski definition) is 6. The molecule has 0 saturated heterocycles. The molecule has 2 amide bonds. The lowest BCUT2D eigenvalue weighted by molar-refractivity contribution is -0.122. The zero-order chi connectivity index (χ0) is 22.5. The third-order valence-corrected chi connectivity index (χ3v) is 5.93. The van der Waals surface area contributed by atoms with Crippen molar-refractivity contribution in [3.05, 3.63) is 78.5 Å². The van der Waals surface area contributed by atoms with E-state index in [9.17, 15) is 14.4 Å². The Morgan fingerprint density at radius 2 is 1.84 bits per heavy atom. The minimum Gasteiger partial charge on any atom is -0.452 e. The zero-order valence-corrected chi connectivity index (χ0v) is 18.2. The molecule has 1 atom stereocenters. The van der Waals surface area contributed by atoms with Gasteiger partial charge in [0.05, 0.1) is 16.9 Å². The Labute approximate surface area is 189 Å². The summed E-state index contributed by atoms with van der Waals surface area (Å²) in [5, 5.41) is 3.31. The molecule has 1 unspecified atom stereocenters. The number of pyridine rings is 1. The highest BCUT2D eigenvalue weighted by atomic mass is 32.2. The molecule has 1 aliphatic rings. The number of anilines is 2. The van der Waals surface area contributed by atoms with E-state index >= 15 is 0 Å². The van der Waals surface area contributed by atoms with Crippen LogP contribution in [0.5, 0.6) is 0 Å². The summed E-state index contributed by atoms with van der Waals surface area (Å²) in [6.07, 6.45) is 1.75. The van der Waals surface area contributed by atoms with Gasteiger partial charge in [-0.15, -0.1) is 0 Å². The number of carbonyl (C=O) groups excluding carboxylic acids is 3.